The highest BCUT2D eigenvalue weighted by molar-refractivity contribution is 5.93. The maximum absolute atomic E-state index is 8.69. The summed E-state index contributed by atoms with van der Waals surface area (Å²) >= 11 is 0. The van der Waals surface area contributed by atoms with Crippen molar-refractivity contribution in [3.63, 3.8) is 0 Å². The average Bonchev–Trinajstić information content (AvgIpc) is 3.17. The average molecular weight is 324 g/mol. The van der Waals surface area contributed by atoms with E-state index >= 15 is 0 Å². The smallest absolute Gasteiger partial charge is 0.146 e. The van der Waals surface area contributed by atoms with E-state index in [9.17, 15) is 0 Å². The summed E-state index contributed by atoms with van der Waals surface area (Å²) < 4.78 is 0. The van der Waals surface area contributed by atoms with Crippen LogP contribution >= 0.6 is 0 Å². The first-order chi connectivity index (χ1) is 11.6. The van der Waals surface area contributed by atoms with E-state index in [1.165, 1.54) is 24.8 Å². The van der Waals surface area contributed by atoms with Crippen LogP contribution in [0.4, 0.5) is 0 Å². The second-order valence-corrected chi connectivity index (χ2v) is 8.05. The lowest BCUT2D eigenvalue weighted by molar-refractivity contribution is -0.167. The van der Waals surface area contributed by atoms with E-state index in [1.54, 1.807) is 0 Å². The molecule has 24 heavy (non-hydrogen) atoms. The van der Waals surface area contributed by atoms with Gasteiger partial charge in [-0.1, -0.05) is 54.4 Å². The molecular formula is C19H24N4O. The summed E-state index contributed by atoms with van der Waals surface area (Å²) in [6.07, 6.45) is 4.76. The summed E-state index contributed by atoms with van der Waals surface area (Å²) in [5, 5.41) is 8.27. The van der Waals surface area contributed by atoms with Gasteiger partial charge in [0, 0.05) is 28.6 Å². The summed E-state index contributed by atoms with van der Waals surface area (Å²) in [5.41, 5.74) is 10.7. The number of azide groups is 1. The van der Waals surface area contributed by atoms with E-state index in [1.807, 2.05) is 6.07 Å². The Morgan fingerprint density at radius 3 is 2.67 bits per heavy atom. The van der Waals surface area contributed by atoms with Gasteiger partial charge in [0.05, 0.1) is 12.3 Å². The minimum atomic E-state index is -0.184. The van der Waals surface area contributed by atoms with Crippen molar-refractivity contribution in [3.8, 4) is 0 Å². The van der Waals surface area contributed by atoms with Crippen molar-refractivity contribution >= 4 is 5.71 Å². The Labute approximate surface area is 142 Å². The molecule has 4 rings (SSSR count). The van der Waals surface area contributed by atoms with Crippen LogP contribution < -0.4 is 0 Å². The fraction of sp³-hybridized carbons (Fsp3) is 0.632. The SMILES string of the molecule is CC1(C)[C@H]2CC[C@H](C2)[C@@]12C[C@@H](c1ccccc1)C(CN=[N+]=[N-])=NO2. The van der Waals surface area contributed by atoms with Gasteiger partial charge in [-0.15, -0.1) is 0 Å². The summed E-state index contributed by atoms with van der Waals surface area (Å²) in [7, 11) is 0. The van der Waals surface area contributed by atoms with Crippen LogP contribution in [0.25, 0.3) is 10.4 Å². The first-order valence-electron chi connectivity index (χ1n) is 8.89. The molecule has 1 heterocycles. The van der Waals surface area contributed by atoms with Gasteiger partial charge < -0.3 is 4.84 Å². The van der Waals surface area contributed by atoms with Crippen molar-refractivity contribution in [3.05, 3.63) is 46.3 Å². The summed E-state index contributed by atoms with van der Waals surface area (Å²) in [5.74, 6) is 1.49. The highest BCUT2D eigenvalue weighted by atomic mass is 16.7. The van der Waals surface area contributed by atoms with Gasteiger partial charge in [-0.25, -0.2) is 0 Å². The number of benzene rings is 1. The molecule has 0 saturated heterocycles. The van der Waals surface area contributed by atoms with Crippen LogP contribution in [-0.2, 0) is 4.84 Å². The minimum Gasteiger partial charge on any atom is -0.388 e. The molecule has 1 aliphatic heterocycles. The van der Waals surface area contributed by atoms with Gasteiger partial charge in [-0.05, 0) is 36.3 Å². The predicted octanol–water partition coefficient (Wildman–Crippen LogP) is 5.05. The summed E-state index contributed by atoms with van der Waals surface area (Å²) in [6.45, 7) is 4.99. The Kier molecular flexibility index (Phi) is 3.57. The third-order valence-electron chi connectivity index (χ3n) is 6.94. The molecule has 1 spiro atoms. The Bertz CT molecular complexity index is 707. The third-order valence-corrected chi connectivity index (χ3v) is 6.94. The molecule has 3 aliphatic rings. The molecule has 0 unspecified atom stereocenters. The molecule has 0 radical (unpaired) electrons. The molecule has 126 valence electrons. The zero-order valence-corrected chi connectivity index (χ0v) is 14.4. The molecule has 2 saturated carbocycles. The van der Waals surface area contributed by atoms with E-state index in [0.717, 1.165) is 18.1 Å². The maximum Gasteiger partial charge on any atom is 0.146 e. The monoisotopic (exact) mass is 324 g/mol. The molecule has 4 atom stereocenters. The zero-order valence-electron chi connectivity index (χ0n) is 14.4. The van der Waals surface area contributed by atoms with Crippen molar-refractivity contribution in [2.24, 2.45) is 27.5 Å². The van der Waals surface area contributed by atoms with Gasteiger partial charge in [0.15, 0.2) is 0 Å². The van der Waals surface area contributed by atoms with E-state index in [2.05, 4.69) is 53.3 Å². The van der Waals surface area contributed by atoms with Crippen LogP contribution in [0.1, 0.15) is 51.0 Å². The van der Waals surface area contributed by atoms with Gasteiger partial charge in [0.25, 0.3) is 0 Å². The Hall–Kier alpha value is -2.00. The van der Waals surface area contributed by atoms with E-state index in [4.69, 9.17) is 10.4 Å². The third kappa shape index (κ3) is 2.07. The van der Waals surface area contributed by atoms with Crippen molar-refractivity contribution in [1.29, 1.82) is 0 Å². The first kappa shape index (κ1) is 15.5. The molecule has 0 aromatic heterocycles. The molecular weight excluding hydrogens is 300 g/mol. The maximum atomic E-state index is 8.69. The van der Waals surface area contributed by atoms with Gasteiger partial charge in [-0.3, -0.25) is 0 Å². The van der Waals surface area contributed by atoms with Crippen LogP contribution in [0.2, 0.25) is 0 Å². The molecule has 5 heteroatoms. The molecule has 2 fully saturated rings. The number of hydrogen-bond donors (Lipinski definition) is 0. The van der Waals surface area contributed by atoms with Gasteiger partial charge in [-0.2, -0.15) is 0 Å². The van der Waals surface area contributed by atoms with Crippen LogP contribution in [0.15, 0.2) is 40.6 Å². The van der Waals surface area contributed by atoms with Crippen molar-refractivity contribution in [2.45, 2.75) is 51.0 Å². The van der Waals surface area contributed by atoms with E-state index in [0.29, 0.717) is 5.92 Å². The zero-order chi connectivity index (χ0) is 16.8. The van der Waals surface area contributed by atoms with Crippen LogP contribution in [0.5, 0.6) is 0 Å². The Morgan fingerprint density at radius 1 is 1.25 bits per heavy atom. The topological polar surface area (TPSA) is 70.4 Å². The molecule has 2 aliphatic carbocycles. The quantitative estimate of drug-likeness (QED) is 0.435. The second-order valence-electron chi connectivity index (χ2n) is 8.05. The number of rotatable bonds is 3. The minimum absolute atomic E-state index is 0.135. The molecule has 5 nitrogen and oxygen atoms in total. The fourth-order valence-corrected chi connectivity index (χ4v) is 5.45. The highest BCUT2D eigenvalue weighted by Crippen LogP contribution is 2.66. The van der Waals surface area contributed by atoms with Gasteiger partial charge in [0.2, 0.25) is 0 Å². The molecule has 2 bridgehead atoms. The lowest BCUT2D eigenvalue weighted by Crippen LogP contribution is -2.54. The normalized spacial score (nSPS) is 36.1. The number of oxime groups is 1. The van der Waals surface area contributed by atoms with Crippen LogP contribution in [0.3, 0.4) is 0 Å². The second kappa shape index (κ2) is 5.52. The van der Waals surface area contributed by atoms with Crippen LogP contribution in [0, 0.1) is 17.3 Å². The highest BCUT2D eigenvalue weighted by Gasteiger charge is 2.66. The van der Waals surface area contributed by atoms with Crippen molar-refractivity contribution in [1.82, 2.24) is 0 Å². The standard InChI is InChI=1S/C19H24N4O/c1-18(2)14-8-9-15(10-14)19(18)11-16(13-6-4-3-5-7-13)17(22-24-19)12-21-23-20/h3-7,14-16H,8-12H2,1-2H3/t14-,15+,16-,19-/m0/s1. The summed E-state index contributed by atoms with van der Waals surface area (Å²) in [6, 6.07) is 10.5. The van der Waals surface area contributed by atoms with E-state index in [-0.39, 0.29) is 23.5 Å². The largest absolute Gasteiger partial charge is 0.388 e. The van der Waals surface area contributed by atoms with E-state index < -0.39 is 0 Å². The molecule has 0 amide bonds. The molecule has 1 aromatic rings. The Balaban J connectivity index is 1.74. The predicted molar refractivity (Wildman–Crippen MR) is 93.7 cm³/mol. The number of hydrogen-bond acceptors (Lipinski definition) is 3. The van der Waals surface area contributed by atoms with Gasteiger partial charge in [0.1, 0.15) is 5.60 Å². The lowest BCUT2D eigenvalue weighted by atomic mass is 9.61. The lowest BCUT2D eigenvalue weighted by Gasteiger charge is -2.51. The van der Waals surface area contributed by atoms with Crippen molar-refractivity contribution in [2.75, 3.05) is 6.54 Å². The first-order valence-corrected chi connectivity index (χ1v) is 8.89. The summed E-state index contributed by atoms with van der Waals surface area (Å²) in [4.78, 5) is 9.14. The molecule has 1 aromatic carbocycles. The number of fused-ring (bicyclic) bond motifs is 3. The number of nitrogens with zero attached hydrogens (tertiary/aromatic N) is 4. The fourth-order valence-electron chi connectivity index (χ4n) is 5.45. The van der Waals surface area contributed by atoms with Crippen molar-refractivity contribution < 1.29 is 4.84 Å². The molecule has 0 N–H and O–H groups in total. The Morgan fingerprint density at radius 2 is 2.00 bits per heavy atom. The van der Waals surface area contributed by atoms with Crippen LogP contribution in [-0.4, -0.2) is 17.9 Å². The van der Waals surface area contributed by atoms with Gasteiger partial charge >= 0.3 is 0 Å².